The van der Waals surface area contributed by atoms with Crippen LogP contribution < -0.4 is 5.32 Å². The predicted molar refractivity (Wildman–Crippen MR) is 76.3 cm³/mol. The van der Waals surface area contributed by atoms with Crippen LogP contribution in [0.3, 0.4) is 0 Å². The van der Waals surface area contributed by atoms with E-state index in [-0.39, 0.29) is 0 Å². The number of rotatable bonds is 2. The van der Waals surface area contributed by atoms with Crippen molar-refractivity contribution in [1.82, 2.24) is 0 Å². The minimum Gasteiger partial charge on any atom is -0.355 e. The Kier molecular flexibility index (Phi) is 3.82. The molecule has 4 heteroatoms. The van der Waals surface area contributed by atoms with Crippen LogP contribution in [0.25, 0.3) is 0 Å². The third-order valence-electron chi connectivity index (χ3n) is 2.20. The Balaban J connectivity index is 2.31. The Labute approximate surface area is 117 Å². The Morgan fingerprint density at radius 1 is 1.06 bits per heavy atom. The van der Waals surface area contributed by atoms with Crippen LogP contribution in [0.5, 0.6) is 0 Å². The summed E-state index contributed by atoms with van der Waals surface area (Å²) in [6.07, 6.45) is 0. The molecule has 2 rings (SSSR count). The second-order valence-corrected chi connectivity index (χ2v) is 5.21. The van der Waals surface area contributed by atoms with Crippen molar-refractivity contribution in [2.45, 2.75) is 0 Å². The molecule has 0 aliphatic heterocycles. The van der Waals surface area contributed by atoms with Gasteiger partial charge >= 0.3 is 0 Å². The molecule has 2 aromatic carbocycles. The lowest BCUT2D eigenvalue weighted by Crippen LogP contribution is -1.91. The molecule has 0 saturated heterocycles. The second kappa shape index (κ2) is 5.35. The fourth-order valence-corrected chi connectivity index (χ4v) is 2.12. The highest BCUT2D eigenvalue weighted by molar-refractivity contribution is 9.11. The van der Waals surface area contributed by atoms with Crippen molar-refractivity contribution in [3.63, 3.8) is 0 Å². The number of nitrogens with one attached hydrogen (secondary N) is 1. The first-order valence-corrected chi connectivity index (χ1v) is 6.50. The van der Waals surface area contributed by atoms with E-state index in [1.54, 1.807) is 6.07 Å². The van der Waals surface area contributed by atoms with E-state index in [0.29, 0.717) is 5.56 Å². The van der Waals surface area contributed by atoms with Gasteiger partial charge in [-0.15, -0.1) is 0 Å². The van der Waals surface area contributed by atoms with Gasteiger partial charge in [0.1, 0.15) is 0 Å². The lowest BCUT2D eigenvalue weighted by atomic mass is 10.2. The van der Waals surface area contributed by atoms with Crippen molar-refractivity contribution in [1.29, 1.82) is 5.26 Å². The molecule has 0 aliphatic rings. The van der Waals surface area contributed by atoms with Crippen molar-refractivity contribution >= 4 is 43.2 Å². The molecule has 0 atom stereocenters. The van der Waals surface area contributed by atoms with Gasteiger partial charge < -0.3 is 5.32 Å². The third kappa shape index (κ3) is 3.09. The molecule has 0 fully saturated rings. The fraction of sp³-hybridized carbons (Fsp3) is 0. The van der Waals surface area contributed by atoms with Crippen LogP contribution in [0.4, 0.5) is 11.4 Å². The zero-order valence-electron chi connectivity index (χ0n) is 8.74. The molecule has 0 unspecified atom stereocenters. The van der Waals surface area contributed by atoms with Crippen molar-refractivity contribution in [2.24, 2.45) is 0 Å². The van der Waals surface area contributed by atoms with Crippen molar-refractivity contribution in [3.8, 4) is 6.07 Å². The number of benzene rings is 2. The first-order chi connectivity index (χ1) is 8.19. The predicted octanol–water partition coefficient (Wildman–Crippen LogP) is 4.83. The summed E-state index contributed by atoms with van der Waals surface area (Å²) < 4.78 is 1.97. The first kappa shape index (κ1) is 12.2. The van der Waals surface area contributed by atoms with Crippen molar-refractivity contribution in [3.05, 3.63) is 57.0 Å². The van der Waals surface area contributed by atoms with Crippen LogP contribution in [0, 0.1) is 11.3 Å². The van der Waals surface area contributed by atoms with Crippen molar-refractivity contribution < 1.29 is 0 Å². The Hall–Kier alpha value is -1.31. The number of nitrogens with zero attached hydrogens (tertiary/aromatic N) is 1. The van der Waals surface area contributed by atoms with Crippen LogP contribution in [0.15, 0.2) is 51.4 Å². The molecule has 2 aromatic rings. The Morgan fingerprint density at radius 2 is 1.88 bits per heavy atom. The van der Waals surface area contributed by atoms with Gasteiger partial charge in [-0.3, -0.25) is 0 Å². The number of halogens is 2. The van der Waals surface area contributed by atoms with Crippen LogP contribution >= 0.6 is 31.9 Å². The maximum Gasteiger partial charge on any atom is 0.0992 e. The maximum absolute atomic E-state index is 8.83. The summed E-state index contributed by atoms with van der Waals surface area (Å²) in [5.74, 6) is 0. The summed E-state index contributed by atoms with van der Waals surface area (Å²) in [4.78, 5) is 0. The van der Waals surface area contributed by atoms with Gasteiger partial charge in [0.2, 0.25) is 0 Å². The van der Waals surface area contributed by atoms with E-state index in [1.807, 2.05) is 36.4 Å². The van der Waals surface area contributed by atoms with E-state index in [9.17, 15) is 0 Å². The summed E-state index contributed by atoms with van der Waals surface area (Å²) in [7, 11) is 0. The Bertz CT molecular complexity index is 588. The smallest absolute Gasteiger partial charge is 0.0992 e. The molecule has 0 bridgehead atoms. The molecule has 1 N–H and O–H groups in total. The van der Waals surface area contributed by atoms with Gasteiger partial charge in [0.15, 0.2) is 0 Å². The SMILES string of the molecule is N#Cc1cccc(Nc2cc(Br)ccc2Br)c1. The van der Waals surface area contributed by atoms with Gasteiger partial charge in [0.25, 0.3) is 0 Å². The largest absolute Gasteiger partial charge is 0.355 e. The highest BCUT2D eigenvalue weighted by Crippen LogP contribution is 2.29. The zero-order valence-corrected chi connectivity index (χ0v) is 11.9. The summed E-state index contributed by atoms with van der Waals surface area (Å²) in [5, 5.41) is 12.1. The molecular formula is C13H8Br2N2. The standard InChI is InChI=1S/C13H8Br2N2/c14-10-4-5-12(15)13(7-10)17-11-3-1-2-9(6-11)8-16/h1-7,17H. The quantitative estimate of drug-likeness (QED) is 0.841. The molecule has 17 heavy (non-hydrogen) atoms. The molecule has 84 valence electrons. The average Bonchev–Trinajstić information content (AvgIpc) is 2.34. The fourth-order valence-electron chi connectivity index (χ4n) is 1.42. The minimum atomic E-state index is 0.640. The van der Waals surface area contributed by atoms with E-state index >= 15 is 0 Å². The molecule has 0 spiro atoms. The second-order valence-electron chi connectivity index (χ2n) is 3.44. The van der Waals surface area contributed by atoms with Gasteiger partial charge in [-0.2, -0.15) is 5.26 Å². The summed E-state index contributed by atoms with van der Waals surface area (Å²) in [6, 6.07) is 15.4. The van der Waals surface area contributed by atoms with Crippen LogP contribution in [-0.4, -0.2) is 0 Å². The topological polar surface area (TPSA) is 35.8 Å². The summed E-state index contributed by atoms with van der Waals surface area (Å²) >= 11 is 6.90. The number of hydrogen-bond donors (Lipinski definition) is 1. The van der Waals surface area contributed by atoms with Crippen LogP contribution in [-0.2, 0) is 0 Å². The third-order valence-corrected chi connectivity index (χ3v) is 3.38. The monoisotopic (exact) mass is 350 g/mol. The van der Waals surface area contributed by atoms with Crippen LogP contribution in [0.1, 0.15) is 5.56 Å². The molecule has 0 heterocycles. The van der Waals surface area contributed by atoms with Gasteiger partial charge in [-0.25, -0.2) is 0 Å². The first-order valence-electron chi connectivity index (χ1n) is 4.91. The molecule has 0 radical (unpaired) electrons. The number of anilines is 2. The number of hydrogen-bond acceptors (Lipinski definition) is 2. The van der Waals surface area contributed by atoms with E-state index in [1.165, 1.54) is 0 Å². The minimum absolute atomic E-state index is 0.640. The van der Waals surface area contributed by atoms with Crippen LogP contribution in [0.2, 0.25) is 0 Å². The molecular weight excluding hydrogens is 344 g/mol. The van der Waals surface area contributed by atoms with E-state index in [2.05, 4.69) is 43.2 Å². The Morgan fingerprint density at radius 3 is 2.65 bits per heavy atom. The summed E-state index contributed by atoms with van der Waals surface area (Å²) in [6.45, 7) is 0. The highest BCUT2D eigenvalue weighted by atomic mass is 79.9. The molecule has 0 aliphatic carbocycles. The molecule has 0 aromatic heterocycles. The van der Waals surface area contributed by atoms with E-state index < -0.39 is 0 Å². The van der Waals surface area contributed by atoms with E-state index in [0.717, 1.165) is 20.3 Å². The normalized spacial score (nSPS) is 9.71. The van der Waals surface area contributed by atoms with Gasteiger partial charge in [0.05, 0.1) is 17.3 Å². The molecule has 2 nitrogen and oxygen atoms in total. The number of nitriles is 1. The van der Waals surface area contributed by atoms with Gasteiger partial charge in [-0.1, -0.05) is 22.0 Å². The summed E-state index contributed by atoms with van der Waals surface area (Å²) in [5.41, 5.74) is 2.48. The van der Waals surface area contributed by atoms with Crippen molar-refractivity contribution in [2.75, 3.05) is 5.32 Å². The van der Waals surface area contributed by atoms with E-state index in [4.69, 9.17) is 5.26 Å². The molecule has 0 saturated carbocycles. The van der Waals surface area contributed by atoms with Gasteiger partial charge in [0, 0.05) is 14.6 Å². The lowest BCUT2D eigenvalue weighted by Gasteiger charge is -2.09. The molecule has 0 amide bonds. The lowest BCUT2D eigenvalue weighted by molar-refractivity contribution is 1.46. The highest BCUT2D eigenvalue weighted by Gasteiger charge is 2.01. The van der Waals surface area contributed by atoms with Gasteiger partial charge in [-0.05, 0) is 52.3 Å². The zero-order chi connectivity index (χ0) is 12.3. The average molecular weight is 352 g/mol. The maximum atomic E-state index is 8.83.